The van der Waals surface area contributed by atoms with Gasteiger partial charge in [-0.3, -0.25) is 9.69 Å². The van der Waals surface area contributed by atoms with Crippen molar-refractivity contribution < 1.29 is 4.79 Å². The van der Waals surface area contributed by atoms with Crippen molar-refractivity contribution in [3.63, 3.8) is 0 Å². The number of nitrogens with zero attached hydrogens (tertiary/aromatic N) is 2. The van der Waals surface area contributed by atoms with Crippen molar-refractivity contribution in [1.29, 1.82) is 0 Å². The Labute approximate surface area is 117 Å². The first-order chi connectivity index (χ1) is 8.87. The summed E-state index contributed by atoms with van der Waals surface area (Å²) < 4.78 is 0. The van der Waals surface area contributed by atoms with Gasteiger partial charge < -0.3 is 10.2 Å². The standard InChI is InChI=1S/C15H29N3O/c1-15(2,3)16-10-12-6-5-8-18(11-12)13-7-9-17(4)14(13)19/h12-13,16H,5-11H2,1-4H3. The van der Waals surface area contributed by atoms with Crippen molar-refractivity contribution in [3.8, 4) is 0 Å². The fourth-order valence-electron chi connectivity index (χ4n) is 3.14. The van der Waals surface area contributed by atoms with Gasteiger partial charge in [-0.1, -0.05) is 0 Å². The summed E-state index contributed by atoms with van der Waals surface area (Å²) in [7, 11) is 1.92. The smallest absolute Gasteiger partial charge is 0.239 e. The molecule has 0 aromatic heterocycles. The van der Waals surface area contributed by atoms with E-state index in [1.165, 1.54) is 12.8 Å². The summed E-state index contributed by atoms with van der Waals surface area (Å²) in [4.78, 5) is 16.4. The number of likely N-dealkylation sites (tertiary alicyclic amines) is 2. The molecule has 0 spiro atoms. The Kier molecular flexibility index (Phi) is 4.51. The molecule has 1 N–H and O–H groups in total. The van der Waals surface area contributed by atoms with Crippen molar-refractivity contribution in [1.82, 2.24) is 15.1 Å². The number of amides is 1. The fraction of sp³-hybridized carbons (Fsp3) is 0.933. The molecule has 0 aromatic carbocycles. The van der Waals surface area contributed by atoms with Gasteiger partial charge in [0.1, 0.15) is 0 Å². The minimum Gasteiger partial charge on any atom is -0.344 e. The molecule has 2 unspecified atom stereocenters. The summed E-state index contributed by atoms with van der Waals surface area (Å²) in [5, 5.41) is 3.60. The first-order valence-corrected chi connectivity index (χ1v) is 7.61. The third kappa shape index (κ3) is 3.93. The maximum Gasteiger partial charge on any atom is 0.239 e. The Morgan fingerprint density at radius 3 is 2.58 bits per heavy atom. The van der Waals surface area contributed by atoms with E-state index in [1.807, 2.05) is 11.9 Å². The van der Waals surface area contributed by atoms with Gasteiger partial charge in [0.25, 0.3) is 0 Å². The van der Waals surface area contributed by atoms with Crippen LogP contribution in [0, 0.1) is 5.92 Å². The highest BCUT2D eigenvalue weighted by Crippen LogP contribution is 2.23. The molecule has 2 rings (SSSR count). The summed E-state index contributed by atoms with van der Waals surface area (Å²) in [5.41, 5.74) is 0.186. The molecular formula is C15H29N3O. The number of likely N-dealkylation sites (N-methyl/N-ethyl adjacent to an activating group) is 1. The first kappa shape index (κ1) is 14.8. The molecular weight excluding hydrogens is 238 g/mol. The van der Waals surface area contributed by atoms with Crippen LogP contribution < -0.4 is 5.32 Å². The van der Waals surface area contributed by atoms with E-state index in [2.05, 4.69) is 31.0 Å². The second-order valence-electron chi connectivity index (χ2n) is 7.20. The molecule has 2 atom stereocenters. The summed E-state index contributed by atoms with van der Waals surface area (Å²) in [6.45, 7) is 10.8. The van der Waals surface area contributed by atoms with Crippen molar-refractivity contribution in [2.24, 2.45) is 5.92 Å². The first-order valence-electron chi connectivity index (χ1n) is 7.61. The Balaban J connectivity index is 1.85. The van der Waals surface area contributed by atoms with E-state index in [1.54, 1.807) is 0 Å². The van der Waals surface area contributed by atoms with Crippen molar-refractivity contribution >= 4 is 5.91 Å². The van der Waals surface area contributed by atoms with Crippen molar-refractivity contribution in [2.75, 3.05) is 33.2 Å². The SMILES string of the molecule is CN1CCC(N2CCCC(CNC(C)(C)C)C2)C1=O. The number of carbonyl (C=O) groups excluding carboxylic acids is 1. The Morgan fingerprint density at radius 2 is 2.00 bits per heavy atom. The van der Waals surface area contributed by atoms with Crippen molar-refractivity contribution in [3.05, 3.63) is 0 Å². The molecule has 2 aliphatic rings. The van der Waals surface area contributed by atoms with Crippen molar-refractivity contribution in [2.45, 2.75) is 51.6 Å². The zero-order valence-electron chi connectivity index (χ0n) is 12.9. The second kappa shape index (κ2) is 5.80. The predicted molar refractivity (Wildman–Crippen MR) is 78.1 cm³/mol. The van der Waals surface area contributed by atoms with Crippen LogP contribution in [0.1, 0.15) is 40.0 Å². The lowest BCUT2D eigenvalue weighted by molar-refractivity contribution is -0.131. The summed E-state index contributed by atoms with van der Waals surface area (Å²) >= 11 is 0. The lowest BCUT2D eigenvalue weighted by Crippen LogP contribution is -2.49. The average Bonchev–Trinajstić information content (AvgIpc) is 2.67. The average molecular weight is 267 g/mol. The summed E-state index contributed by atoms with van der Waals surface area (Å²) in [6, 6.07) is 0.155. The Bertz CT molecular complexity index is 324. The molecule has 0 bridgehead atoms. The number of hydrogen-bond acceptors (Lipinski definition) is 3. The minimum atomic E-state index is 0.155. The van der Waals surface area contributed by atoms with E-state index in [0.29, 0.717) is 11.8 Å². The van der Waals surface area contributed by atoms with Gasteiger partial charge >= 0.3 is 0 Å². The van der Waals surface area contributed by atoms with Gasteiger partial charge in [-0.2, -0.15) is 0 Å². The number of carbonyl (C=O) groups is 1. The van der Waals surface area contributed by atoms with Gasteiger partial charge in [0.2, 0.25) is 5.91 Å². The van der Waals surface area contributed by atoms with Crippen LogP contribution in [0.25, 0.3) is 0 Å². The predicted octanol–water partition coefficient (Wildman–Crippen LogP) is 1.32. The lowest BCUT2D eigenvalue weighted by atomic mass is 9.95. The summed E-state index contributed by atoms with van der Waals surface area (Å²) in [5.74, 6) is 1.01. The molecule has 19 heavy (non-hydrogen) atoms. The zero-order valence-corrected chi connectivity index (χ0v) is 12.9. The van der Waals surface area contributed by atoms with Gasteiger partial charge in [-0.25, -0.2) is 0 Å². The zero-order chi connectivity index (χ0) is 14.0. The van der Waals surface area contributed by atoms with Gasteiger partial charge in [0.05, 0.1) is 6.04 Å². The molecule has 2 saturated heterocycles. The molecule has 0 radical (unpaired) electrons. The monoisotopic (exact) mass is 267 g/mol. The molecule has 2 fully saturated rings. The van der Waals surface area contributed by atoms with E-state index in [9.17, 15) is 4.79 Å². The van der Waals surface area contributed by atoms with Crippen LogP contribution in [0.3, 0.4) is 0 Å². The topological polar surface area (TPSA) is 35.6 Å². The molecule has 2 heterocycles. The van der Waals surface area contributed by atoms with Crippen LogP contribution >= 0.6 is 0 Å². The van der Waals surface area contributed by atoms with E-state index in [0.717, 1.165) is 32.6 Å². The highest BCUT2D eigenvalue weighted by Gasteiger charge is 2.36. The van der Waals surface area contributed by atoms with Gasteiger partial charge in [-0.15, -0.1) is 0 Å². The van der Waals surface area contributed by atoms with Crippen LogP contribution in [-0.4, -0.2) is 60.5 Å². The number of hydrogen-bond donors (Lipinski definition) is 1. The molecule has 0 aliphatic carbocycles. The Hall–Kier alpha value is -0.610. The van der Waals surface area contributed by atoms with Gasteiger partial charge in [0.15, 0.2) is 0 Å². The number of nitrogens with one attached hydrogen (secondary N) is 1. The van der Waals surface area contributed by atoms with E-state index >= 15 is 0 Å². The highest BCUT2D eigenvalue weighted by molar-refractivity contribution is 5.83. The minimum absolute atomic E-state index is 0.155. The van der Waals surface area contributed by atoms with Crippen LogP contribution in [0.4, 0.5) is 0 Å². The van der Waals surface area contributed by atoms with E-state index in [-0.39, 0.29) is 11.6 Å². The molecule has 4 heteroatoms. The molecule has 4 nitrogen and oxygen atoms in total. The molecule has 0 saturated carbocycles. The van der Waals surface area contributed by atoms with Crippen LogP contribution in [-0.2, 0) is 4.79 Å². The quantitative estimate of drug-likeness (QED) is 0.837. The normalized spacial score (nSPS) is 30.1. The maximum absolute atomic E-state index is 12.1. The lowest BCUT2D eigenvalue weighted by Gasteiger charge is -2.37. The summed E-state index contributed by atoms with van der Waals surface area (Å²) in [6.07, 6.45) is 3.52. The number of rotatable bonds is 3. The molecule has 0 aromatic rings. The molecule has 2 aliphatic heterocycles. The molecule has 110 valence electrons. The fourth-order valence-corrected chi connectivity index (χ4v) is 3.14. The highest BCUT2D eigenvalue weighted by atomic mass is 16.2. The second-order valence-corrected chi connectivity index (χ2v) is 7.20. The van der Waals surface area contributed by atoms with Gasteiger partial charge in [-0.05, 0) is 59.0 Å². The Morgan fingerprint density at radius 1 is 1.26 bits per heavy atom. The van der Waals surface area contributed by atoms with E-state index in [4.69, 9.17) is 0 Å². The van der Waals surface area contributed by atoms with Crippen LogP contribution in [0.15, 0.2) is 0 Å². The van der Waals surface area contributed by atoms with Crippen LogP contribution in [0.5, 0.6) is 0 Å². The third-order valence-electron chi connectivity index (χ3n) is 4.31. The van der Waals surface area contributed by atoms with Gasteiger partial charge in [0, 0.05) is 25.7 Å². The molecule has 1 amide bonds. The third-order valence-corrected chi connectivity index (χ3v) is 4.31. The maximum atomic E-state index is 12.1. The number of piperidine rings is 1. The van der Waals surface area contributed by atoms with E-state index < -0.39 is 0 Å². The largest absolute Gasteiger partial charge is 0.344 e. The van der Waals surface area contributed by atoms with Crippen LogP contribution in [0.2, 0.25) is 0 Å².